The summed E-state index contributed by atoms with van der Waals surface area (Å²) in [6.45, 7) is 2.88. The zero-order chi connectivity index (χ0) is 14.9. The molecule has 1 aliphatic heterocycles. The highest BCUT2D eigenvalue weighted by molar-refractivity contribution is 5.23. The lowest BCUT2D eigenvalue weighted by Crippen LogP contribution is -2.45. The minimum atomic E-state index is -1.88. The van der Waals surface area contributed by atoms with E-state index in [2.05, 4.69) is 11.6 Å². The molecule has 1 fully saturated rings. The van der Waals surface area contributed by atoms with Gasteiger partial charge in [0.2, 0.25) is 0 Å². The molecule has 1 saturated heterocycles. The lowest BCUT2D eigenvalue weighted by Gasteiger charge is -2.28. The molecule has 2 heterocycles. The predicted octanol–water partition coefficient (Wildman–Crippen LogP) is -0.640. The van der Waals surface area contributed by atoms with Crippen molar-refractivity contribution in [2.45, 2.75) is 30.5 Å². The van der Waals surface area contributed by atoms with Crippen LogP contribution in [0.15, 0.2) is 29.7 Å². The molecule has 1 aromatic heterocycles. The van der Waals surface area contributed by atoms with Crippen molar-refractivity contribution >= 4 is 5.82 Å². The highest BCUT2D eigenvalue weighted by Gasteiger charge is 2.55. The van der Waals surface area contributed by atoms with Crippen molar-refractivity contribution < 1.29 is 19.3 Å². The monoisotopic (exact) mass is 285 g/mol. The number of hydrogen-bond acceptors (Lipinski definition) is 6. The topological polar surface area (TPSA) is 111 Å². The van der Waals surface area contributed by atoms with Crippen LogP contribution < -0.4 is 11.4 Å². The van der Waals surface area contributed by atoms with E-state index in [0.29, 0.717) is 0 Å². The van der Waals surface area contributed by atoms with Crippen LogP contribution in [0.5, 0.6) is 0 Å². The van der Waals surface area contributed by atoms with Gasteiger partial charge >= 0.3 is 5.69 Å². The first-order valence-corrected chi connectivity index (χ1v) is 6.01. The van der Waals surface area contributed by atoms with Crippen molar-refractivity contribution in [1.29, 1.82) is 0 Å². The van der Waals surface area contributed by atoms with Gasteiger partial charge in [-0.3, -0.25) is 4.57 Å². The summed E-state index contributed by atoms with van der Waals surface area (Å²) >= 11 is 0. The minimum absolute atomic E-state index is 0.000262. The first-order chi connectivity index (χ1) is 9.45. The summed E-state index contributed by atoms with van der Waals surface area (Å²) in [7, 11) is 0. The number of nitrogen functional groups attached to an aromatic ring is 1. The van der Waals surface area contributed by atoms with Crippen LogP contribution in [0.1, 0.15) is 12.6 Å². The summed E-state index contributed by atoms with van der Waals surface area (Å²) in [5.41, 5.74) is 3.04. The fourth-order valence-electron chi connectivity index (χ4n) is 2.26. The Morgan fingerprint density at radius 2 is 2.40 bits per heavy atom. The molecule has 0 amide bonds. The Bertz CT molecular complexity index is 564. The predicted molar refractivity (Wildman–Crippen MR) is 68.6 cm³/mol. The van der Waals surface area contributed by atoms with E-state index in [0.717, 1.165) is 4.57 Å². The maximum absolute atomic E-state index is 14.2. The summed E-state index contributed by atoms with van der Waals surface area (Å²) < 4.78 is 20.5. The largest absolute Gasteiger partial charge is 0.393 e. The zero-order valence-corrected chi connectivity index (χ0v) is 10.6. The molecule has 4 N–H and O–H groups in total. The smallest absolute Gasteiger partial charge is 0.351 e. The average Bonchev–Trinajstić information content (AvgIpc) is 2.65. The van der Waals surface area contributed by atoms with Crippen LogP contribution >= 0.6 is 0 Å². The third-order valence-electron chi connectivity index (χ3n) is 3.35. The third kappa shape index (κ3) is 2.21. The van der Waals surface area contributed by atoms with Crippen LogP contribution in [0.25, 0.3) is 0 Å². The van der Waals surface area contributed by atoms with Crippen molar-refractivity contribution in [1.82, 2.24) is 9.55 Å². The highest BCUT2D eigenvalue weighted by atomic mass is 19.1. The fraction of sp³-hybridized carbons (Fsp3) is 0.500. The maximum atomic E-state index is 14.2. The van der Waals surface area contributed by atoms with Crippen LogP contribution in [0, 0.1) is 0 Å². The summed E-state index contributed by atoms with van der Waals surface area (Å²) in [6.07, 6.45) is -2.17. The van der Waals surface area contributed by atoms with Gasteiger partial charge in [0.1, 0.15) is 17.5 Å². The normalized spacial score (nSPS) is 33.2. The van der Waals surface area contributed by atoms with E-state index in [9.17, 15) is 19.4 Å². The first-order valence-electron chi connectivity index (χ1n) is 6.01. The van der Waals surface area contributed by atoms with E-state index < -0.39 is 36.4 Å². The number of aliphatic hydroxyl groups is 2. The highest BCUT2D eigenvalue weighted by Crippen LogP contribution is 2.40. The van der Waals surface area contributed by atoms with Crippen LogP contribution in [-0.2, 0) is 4.74 Å². The second-order valence-corrected chi connectivity index (χ2v) is 4.66. The average molecular weight is 285 g/mol. The molecule has 20 heavy (non-hydrogen) atoms. The molecule has 0 spiro atoms. The van der Waals surface area contributed by atoms with Crippen molar-refractivity contribution in [2.24, 2.45) is 0 Å². The van der Waals surface area contributed by atoms with Crippen molar-refractivity contribution in [3.8, 4) is 0 Å². The molecule has 8 heteroatoms. The molecule has 4 unspecified atom stereocenters. The second kappa shape index (κ2) is 5.31. The minimum Gasteiger partial charge on any atom is -0.393 e. The molecule has 1 aromatic rings. The van der Waals surface area contributed by atoms with E-state index >= 15 is 0 Å². The second-order valence-electron chi connectivity index (χ2n) is 4.66. The van der Waals surface area contributed by atoms with Gasteiger partial charge < -0.3 is 20.7 Å². The van der Waals surface area contributed by atoms with Crippen molar-refractivity contribution in [3.63, 3.8) is 0 Å². The van der Waals surface area contributed by atoms with Gasteiger partial charge in [-0.25, -0.2) is 9.18 Å². The standard InChI is InChI=1S/C12H16FN3O4/c1-2-4-12(6-17)9(18)8(13)10(20-12)16-5-3-7(14)15-11(16)19/h2-3,5,8-10,17-18H,1,4,6H2,(H2,14,15,19). The number of nitrogens with zero attached hydrogens (tertiary/aromatic N) is 2. The molecule has 0 radical (unpaired) electrons. The number of anilines is 1. The Balaban J connectivity index is 2.39. The Kier molecular flexibility index (Phi) is 3.89. The Morgan fingerprint density at radius 1 is 1.70 bits per heavy atom. The fourth-order valence-corrected chi connectivity index (χ4v) is 2.26. The molecule has 0 aromatic carbocycles. The van der Waals surface area contributed by atoms with Crippen molar-refractivity contribution in [3.05, 3.63) is 35.4 Å². The molecule has 2 rings (SSSR count). The number of aromatic nitrogens is 2. The van der Waals surface area contributed by atoms with E-state index in [4.69, 9.17) is 10.5 Å². The van der Waals surface area contributed by atoms with E-state index in [1.54, 1.807) is 0 Å². The summed E-state index contributed by atoms with van der Waals surface area (Å²) in [5.74, 6) is -0.000262. The molecule has 0 saturated carbocycles. The van der Waals surface area contributed by atoms with Gasteiger partial charge in [0.15, 0.2) is 12.4 Å². The van der Waals surface area contributed by atoms with E-state index in [1.165, 1.54) is 18.3 Å². The maximum Gasteiger partial charge on any atom is 0.351 e. The third-order valence-corrected chi connectivity index (χ3v) is 3.35. The van der Waals surface area contributed by atoms with E-state index in [-0.39, 0.29) is 12.2 Å². The molecule has 110 valence electrons. The zero-order valence-electron chi connectivity index (χ0n) is 10.6. The van der Waals surface area contributed by atoms with Gasteiger partial charge in [-0.2, -0.15) is 4.98 Å². The number of aliphatic hydroxyl groups excluding tert-OH is 2. The molecule has 4 atom stereocenters. The lowest BCUT2D eigenvalue weighted by atomic mass is 9.93. The van der Waals surface area contributed by atoms with E-state index in [1.807, 2.05) is 0 Å². The molecule has 0 bridgehead atoms. The van der Waals surface area contributed by atoms with Gasteiger partial charge in [-0.1, -0.05) is 6.08 Å². The molecular formula is C12H16FN3O4. The van der Waals surface area contributed by atoms with Gasteiger partial charge in [0.25, 0.3) is 0 Å². The number of rotatable bonds is 4. The van der Waals surface area contributed by atoms with Crippen LogP contribution in [0.4, 0.5) is 10.2 Å². The Morgan fingerprint density at radius 3 is 2.95 bits per heavy atom. The molecular weight excluding hydrogens is 269 g/mol. The van der Waals surface area contributed by atoms with Gasteiger partial charge in [0, 0.05) is 6.20 Å². The Labute approximate surface area is 114 Å². The SMILES string of the molecule is C=CCC1(CO)OC(n2ccc(N)nc2=O)C(F)C1O. The van der Waals surface area contributed by atoms with Crippen LogP contribution in [-0.4, -0.2) is 44.2 Å². The first kappa shape index (κ1) is 14.6. The Hall–Kier alpha value is -1.77. The summed E-state index contributed by atoms with van der Waals surface area (Å²) in [5, 5.41) is 19.3. The molecule has 0 aliphatic carbocycles. The number of halogens is 1. The van der Waals surface area contributed by atoms with Crippen LogP contribution in [0.2, 0.25) is 0 Å². The number of nitrogens with two attached hydrogens (primary N) is 1. The summed E-state index contributed by atoms with van der Waals surface area (Å²) in [6, 6.07) is 1.32. The number of hydrogen-bond donors (Lipinski definition) is 3. The summed E-state index contributed by atoms with van der Waals surface area (Å²) in [4.78, 5) is 15.2. The van der Waals surface area contributed by atoms with Crippen LogP contribution in [0.3, 0.4) is 0 Å². The van der Waals surface area contributed by atoms with Gasteiger partial charge in [-0.15, -0.1) is 6.58 Å². The van der Waals surface area contributed by atoms with Gasteiger partial charge in [-0.05, 0) is 12.5 Å². The molecule has 1 aliphatic rings. The quantitative estimate of drug-likeness (QED) is 0.635. The van der Waals surface area contributed by atoms with Gasteiger partial charge in [0.05, 0.1) is 6.61 Å². The van der Waals surface area contributed by atoms with Crippen molar-refractivity contribution in [2.75, 3.05) is 12.3 Å². The lowest BCUT2D eigenvalue weighted by molar-refractivity contribution is -0.126. The number of ether oxygens (including phenoxy) is 1. The molecule has 7 nitrogen and oxygen atoms in total. The number of alkyl halides is 1.